The number of hydrogen-bond donors (Lipinski definition) is 1. The first-order valence-corrected chi connectivity index (χ1v) is 6.03. The highest BCUT2D eigenvalue weighted by Crippen LogP contribution is 2.28. The molecule has 5 heteroatoms. The van der Waals surface area contributed by atoms with E-state index in [0.717, 1.165) is 16.9 Å². The standard InChI is InChI=1S/C14H17N3O2/c1-17(7-8-18)14-15-9-11(10-16-14)12-5-3-4-6-13(12)19-2/h3-6,9-10,18H,7-8H2,1-2H3. The molecule has 0 spiro atoms. The largest absolute Gasteiger partial charge is 0.496 e. The van der Waals surface area contributed by atoms with Crippen LogP contribution in [0.1, 0.15) is 0 Å². The van der Waals surface area contributed by atoms with Gasteiger partial charge in [-0.3, -0.25) is 0 Å². The third-order valence-electron chi connectivity index (χ3n) is 2.83. The molecule has 0 aliphatic carbocycles. The summed E-state index contributed by atoms with van der Waals surface area (Å²) in [6.45, 7) is 0.585. The molecule has 1 N–H and O–H groups in total. The van der Waals surface area contributed by atoms with E-state index in [-0.39, 0.29) is 6.61 Å². The fourth-order valence-corrected chi connectivity index (χ4v) is 1.79. The number of aliphatic hydroxyl groups is 1. The van der Waals surface area contributed by atoms with Crippen LogP contribution < -0.4 is 9.64 Å². The Kier molecular flexibility index (Phi) is 4.30. The van der Waals surface area contributed by atoms with Crippen molar-refractivity contribution in [2.24, 2.45) is 0 Å². The van der Waals surface area contributed by atoms with Crippen LogP contribution in [0.15, 0.2) is 36.7 Å². The molecule has 5 nitrogen and oxygen atoms in total. The van der Waals surface area contributed by atoms with Gasteiger partial charge in [0.2, 0.25) is 5.95 Å². The van der Waals surface area contributed by atoms with Crippen molar-refractivity contribution in [1.29, 1.82) is 0 Å². The minimum atomic E-state index is 0.0775. The van der Waals surface area contributed by atoms with E-state index >= 15 is 0 Å². The molecule has 2 rings (SSSR count). The third kappa shape index (κ3) is 3.00. The SMILES string of the molecule is COc1ccccc1-c1cnc(N(C)CCO)nc1. The second-order valence-electron chi connectivity index (χ2n) is 4.12. The summed E-state index contributed by atoms with van der Waals surface area (Å²) >= 11 is 0. The number of aliphatic hydroxyl groups excluding tert-OH is 1. The summed E-state index contributed by atoms with van der Waals surface area (Å²) in [5, 5.41) is 8.89. The smallest absolute Gasteiger partial charge is 0.225 e. The van der Waals surface area contributed by atoms with E-state index in [4.69, 9.17) is 9.84 Å². The summed E-state index contributed by atoms with van der Waals surface area (Å²) in [5.41, 5.74) is 1.86. The molecule has 1 aromatic heterocycles. The zero-order valence-electron chi connectivity index (χ0n) is 11.1. The molecular formula is C14H17N3O2. The summed E-state index contributed by atoms with van der Waals surface area (Å²) in [6.07, 6.45) is 3.52. The van der Waals surface area contributed by atoms with Crippen molar-refractivity contribution in [2.75, 3.05) is 32.2 Å². The van der Waals surface area contributed by atoms with Gasteiger partial charge < -0.3 is 14.7 Å². The molecule has 0 atom stereocenters. The lowest BCUT2D eigenvalue weighted by Crippen LogP contribution is -2.23. The average molecular weight is 259 g/mol. The predicted octanol–water partition coefficient (Wildman–Crippen LogP) is 1.58. The number of likely N-dealkylation sites (N-methyl/N-ethyl adjacent to an activating group) is 1. The number of rotatable bonds is 5. The van der Waals surface area contributed by atoms with Gasteiger partial charge >= 0.3 is 0 Å². The van der Waals surface area contributed by atoms with Gasteiger partial charge in [-0.05, 0) is 6.07 Å². The van der Waals surface area contributed by atoms with E-state index in [2.05, 4.69) is 9.97 Å². The lowest BCUT2D eigenvalue weighted by molar-refractivity contribution is 0.303. The van der Waals surface area contributed by atoms with Crippen molar-refractivity contribution in [2.45, 2.75) is 0 Å². The number of ether oxygens (including phenoxy) is 1. The number of para-hydroxylation sites is 1. The van der Waals surface area contributed by atoms with Crippen LogP contribution in [0.3, 0.4) is 0 Å². The van der Waals surface area contributed by atoms with Crippen LogP contribution in [0.2, 0.25) is 0 Å². The molecule has 0 aliphatic rings. The predicted molar refractivity (Wildman–Crippen MR) is 74.4 cm³/mol. The summed E-state index contributed by atoms with van der Waals surface area (Å²) in [4.78, 5) is 10.4. The second kappa shape index (κ2) is 6.15. The number of methoxy groups -OCH3 is 1. The molecule has 0 saturated heterocycles. The minimum Gasteiger partial charge on any atom is -0.496 e. The molecule has 19 heavy (non-hydrogen) atoms. The maximum absolute atomic E-state index is 8.89. The van der Waals surface area contributed by atoms with Crippen molar-refractivity contribution < 1.29 is 9.84 Å². The van der Waals surface area contributed by atoms with E-state index in [9.17, 15) is 0 Å². The molecule has 0 unspecified atom stereocenters. The monoisotopic (exact) mass is 259 g/mol. The van der Waals surface area contributed by atoms with Gasteiger partial charge in [0.25, 0.3) is 0 Å². The zero-order chi connectivity index (χ0) is 13.7. The lowest BCUT2D eigenvalue weighted by Gasteiger charge is -2.15. The molecule has 100 valence electrons. The van der Waals surface area contributed by atoms with Gasteiger partial charge in [0.05, 0.1) is 13.7 Å². The van der Waals surface area contributed by atoms with Crippen LogP contribution in [-0.2, 0) is 0 Å². The number of benzene rings is 1. The molecular weight excluding hydrogens is 242 g/mol. The fraction of sp³-hybridized carbons (Fsp3) is 0.286. The molecule has 0 saturated carbocycles. The molecule has 1 aromatic carbocycles. The Morgan fingerprint density at radius 2 is 1.89 bits per heavy atom. The normalized spacial score (nSPS) is 10.3. The first-order valence-electron chi connectivity index (χ1n) is 6.03. The van der Waals surface area contributed by atoms with Crippen molar-refractivity contribution in [1.82, 2.24) is 9.97 Å². The van der Waals surface area contributed by atoms with Crippen molar-refractivity contribution in [3.8, 4) is 16.9 Å². The zero-order valence-corrected chi connectivity index (χ0v) is 11.1. The van der Waals surface area contributed by atoms with Gasteiger partial charge in [0.1, 0.15) is 5.75 Å². The molecule has 0 fully saturated rings. The number of hydrogen-bond acceptors (Lipinski definition) is 5. The fourth-order valence-electron chi connectivity index (χ4n) is 1.79. The first kappa shape index (κ1) is 13.3. The van der Waals surface area contributed by atoms with Gasteiger partial charge in [0, 0.05) is 37.1 Å². The van der Waals surface area contributed by atoms with E-state index in [1.807, 2.05) is 31.3 Å². The van der Waals surface area contributed by atoms with Gasteiger partial charge in [-0.15, -0.1) is 0 Å². The Morgan fingerprint density at radius 3 is 2.53 bits per heavy atom. The summed E-state index contributed by atoms with van der Waals surface area (Å²) in [6, 6.07) is 7.74. The van der Waals surface area contributed by atoms with Gasteiger partial charge in [-0.25, -0.2) is 9.97 Å². The van der Waals surface area contributed by atoms with E-state index < -0.39 is 0 Å². The molecule has 1 heterocycles. The van der Waals surface area contributed by atoms with E-state index in [1.165, 1.54) is 0 Å². The summed E-state index contributed by atoms with van der Waals surface area (Å²) in [7, 11) is 3.48. The quantitative estimate of drug-likeness (QED) is 0.883. The van der Waals surface area contributed by atoms with Gasteiger partial charge in [-0.2, -0.15) is 0 Å². The maximum atomic E-state index is 8.89. The van der Waals surface area contributed by atoms with E-state index in [1.54, 1.807) is 24.4 Å². The Labute approximate surface area is 112 Å². The average Bonchev–Trinajstić information content (AvgIpc) is 2.47. The highest BCUT2D eigenvalue weighted by atomic mass is 16.5. The minimum absolute atomic E-state index is 0.0775. The molecule has 0 amide bonds. The molecule has 2 aromatic rings. The van der Waals surface area contributed by atoms with Crippen LogP contribution in [-0.4, -0.2) is 42.4 Å². The molecule has 0 radical (unpaired) electrons. The van der Waals surface area contributed by atoms with Gasteiger partial charge in [-0.1, -0.05) is 18.2 Å². The van der Waals surface area contributed by atoms with Crippen LogP contribution in [0.5, 0.6) is 5.75 Å². The highest BCUT2D eigenvalue weighted by molar-refractivity contribution is 5.69. The van der Waals surface area contributed by atoms with Crippen LogP contribution in [0.25, 0.3) is 11.1 Å². The van der Waals surface area contributed by atoms with Gasteiger partial charge in [0.15, 0.2) is 0 Å². The lowest BCUT2D eigenvalue weighted by atomic mass is 10.1. The summed E-state index contributed by atoms with van der Waals surface area (Å²) < 4.78 is 5.32. The highest BCUT2D eigenvalue weighted by Gasteiger charge is 2.07. The number of aromatic nitrogens is 2. The topological polar surface area (TPSA) is 58.5 Å². The Morgan fingerprint density at radius 1 is 1.21 bits per heavy atom. The van der Waals surface area contributed by atoms with E-state index in [0.29, 0.717) is 12.5 Å². The Hall–Kier alpha value is -2.14. The van der Waals surface area contributed by atoms with Crippen molar-refractivity contribution in [3.05, 3.63) is 36.7 Å². The number of nitrogens with zero attached hydrogens (tertiary/aromatic N) is 3. The Bertz CT molecular complexity index is 528. The Balaban J connectivity index is 2.27. The maximum Gasteiger partial charge on any atom is 0.225 e. The van der Waals surface area contributed by atoms with Crippen LogP contribution >= 0.6 is 0 Å². The number of anilines is 1. The first-order chi connectivity index (χ1) is 9.26. The van der Waals surface area contributed by atoms with Crippen LogP contribution in [0.4, 0.5) is 5.95 Å². The third-order valence-corrected chi connectivity index (χ3v) is 2.83. The van der Waals surface area contributed by atoms with Crippen molar-refractivity contribution >= 4 is 5.95 Å². The molecule has 0 aliphatic heterocycles. The molecule has 0 bridgehead atoms. The van der Waals surface area contributed by atoms with Crippen molar-refractivity contribution in [3.63, 3.8) is 0 Å². The van der Waals surface area contributed by atoms with Crippen LogP contribution in [0, 0.1) is 0 Å². The second-order valence-corrected chi connectivity index (χ2v) is 4.12. The summed E-state index contributed by atoms with van der Waals surface area (Å²) in [5.74, 6) is 1.38.